The second-order valence-electron chi connectivity index (χ2n) is 10.4. The zero-order valence-corrected chi connectivity index (χ0v) is 23.0. The molecule has 40 heavy (non-hydrogen) atoms. The maximum absolute atomic E-state index is 16.1. The maximum Gasteiger partial charge on any atom is 0.336 e. The molecule has 0 heterocycles. The third-order valence-corrected chi connectivity index (χ3v) is 7.11. The number of carbonyl (C=O) groups excluding carboxylic acids is 1. The van der Waals surface area contributed by atoms with Crippen LogP contribution in [0.25, 0.3) is 11.1 Å². The summed E-state index contributed by atoms with van der Waals surface area (Å²) in [5.41, 5.74) is -0.140. The molecule has 10 heteroatoms. The number of nitrogens with zero attached hydrogens (tertiary/aromatic N) is 1. The van der Waals surface area contributed by atoms with Crippen molar-refractivity contribution in [2.45, 2.75) is 52.0 Å². The highest BCUT2D eigenvalue weighted by Crippen LogP contribution is 2.39. The number of hydrogen-bond donors (Lipinski definition) is 3. The molecule has 0 bridgehead atoms. The standard InChI is InChI=1S/C30H31ClF3N3O3/c1-17(2)16-37(21-6-4-3-5-7-21)28-25(34)12-18(23-15-20(32)9-10-22(23)29(38)39)13-27(28)36-30(40)35-26-11-8-19(31)14-24(26)33/h8-15,17,21H,3-7,16H2,1-2H3,(H,38,39)(H2,35,36,40). The number of anilines is 3. The largest absolute Gasteiger partial charge is 0.478 e. The van der Waals surface area contributed by atoms with Gasteiger partial charge in [0.05, 0.1) is 22.6 Å². The molecule has 1 aliphatic carbocycles. The average molecular weight is 574 g/mol. The molecule has 1 fully saturated rings. The average Bonchev–Trinajstić information content (AvgIpc) is 2.89. The predicted molar refractivity (Wildman–Crippen MR) is 152 cm³/mol. The minimum absolute atomic E-state index is 0.0255. The van der Waals surface area contributed by atoms with Crippen LogP contribution in [-0.2, 0) is 0 Å². The van der Waals surface area contributed by atoms with Crippen molar-refractivity contribution in [1.29, 1.82) is 0 Å². The zero-order valence-electron chi connectivity index (χ0n) is 22.2. The van der Waals surface area contributed by atoms with Gasteiger partial charge in [0.2, 0.25) is 0 Å². The first-order chi connectivity index (χ1) is 19.0. The Morgan fingerprint density at radius 1 is 0.950 bits per heavy atom. The van der Waals surface area contributed by atoms with Crippen LogP contribution in [0, 0.1) is 23.4 Å². The molecule has 1 aliphatic rings. The maximum atomic E-state index is 16.1. The number of halogens is 4. The third kappa shape index (κ3) is 6.88. The molecule has 0 aliphatic heterocycles. The monoisotopic (exact) mass is 573 g/mol. The van der Waals surface area contributed by atoms with Crippen molar-refractivity contribution >= 4 is 40.7 Å². The number of aromatic carboxylic acids is 1. The van der Waals surface area contributed by atoms with E-state index in [2.05, 4.69) is 10.6 Å². The van der Waals surface area contributed by atoms with Gasteiger partial charge in [0.25, 0.3) is 0 Å². The Balaban J connectivity index is 1.83. The van der Waals surface area contributed by atoms with Gasteiger partial charge in [-0.25, -0.2) is 22.8 Å². The molecular weight excluding hydrogens is 543 g/mol. The van der Waals surface area contributed by atoms with Crippen LogP contribution in [0.15, 0.2) is 48.5 Å². The Kier molecular flexibility index (Phi) is 9.25. The normalized spacial score (nSPS) is 13.8. The molecule has 3 N–H and O–H groups in total. The third-order valence-electron chi connectivity index (χ3n) is 6.88. The molecule has 0 atom stereocenters. The summed E-state index contributed by atoms with van der Waals surface area (Å²) in [7, 11) is 0. The number of carbonyl (C=O) groups is 2. The minimum atomic E-state index is -1.31. The zero-order chi connectivity index (χ0) is 29.0. The van der Waals surface area contributed by atoms with Crippen LogP contribution in [-0.4, -0.2) is 29.7 Å². The molecule has 4 rings (SSSR count). The molecule has 1 saturated carbocycles. The summed E-state index contributed by atoms with van der Waals surface area (Å²) >= 11 is 5.81. The number of urea groups is 1. The molecule has 0 aromatic heterocycles. The summed E-state index contributed by atoms with van der Waals surface area (Å²) in [6.07, 6.45) is 4.77. The van der Waals surface area contributed by atoms with Crippen molar-refractivity contribution in [3.8, 4) is 11.1 Å². The fraction of sp³-hybridized carbons (Fsp3) is 0.333. The van der Waals surface area contributed by atoms with E-state index in [1.165, 1.54) is 18.2 Å². The lowest BCUT2D eigenvalue weighted by atomic mass is 9.92. The van der Waals surface area contributed by atoms with E-state index in [1.54, 1.807) is 0 Å². The summed E-state index contributed by atoms with van der Waals surface area (Å²) < 4.78 is 44.7. The first kappa shape index (κ1) is 29.3. The van der Waals surface area contributed by atoms with Crippen molar-refractivity contribution in [2.75, 3.05) is 22.1 Å². The molecule has 3 aromatic rings. The Morgan fingerprint density at radius 2 is 1.65 bits per heavy atom. The molecule has 0 radical (unpaired) electrons. The van der Waals surface area contributed by atoms with Crippen LogP contribution in [0.5, 0.6) is 0 Å². The van der Waals surface area contributed by atoms with E-state index in [0.717, 1.165) is 62.4 Å². The molecule has 0 unspecified atom stereocenters. The number of amides is 2. The minimum Gasteiger partial charge on any atom is -0.478 e. The SMILES string of the molecule is CC(C)CN(c1c(F)cc(-c2cc(F)ccc2C(=O)O)cc1NC(=O)Nc1ccc(Cl)cc1F)C1CCCCC1. The number of nitrogens with one attached hydrogen (secondary N) is 2. The summed E-state index contributed by atoms with van der Waals surface area (Å²) in [6.45, 7) is 4.53. The number of hydrogen-bond acceptors (Lipinski definition) is 3. The number of carboxylic acid groups (broad SMARTS) is 1. The van der Waals surface area contributed by atoms with E-state index in [-0.39, 0.29) is 50.7 Å². The fourth-order valence-electron chi connectivity index (χ4n) is 5.16. The van der Waals surface area contributed by atoms with E-state index >= 15 is 4.39 Å². The van der Waals surface area contributed by atoms with Gasteiger partial charge in [-0.2, -0.15) is 0 Å². The first-order valence-corrected chi connectivity index (χ1v) is 13.6. The van der Waals surface area contributed by atoms with Gasteiger partial charge in [-0.15, -0.1) is 0 Å². The lowest BCUT2D eigenvalue weighted by Gasteiger charge is -2.38. The van der Waals surface area contributed by atoms with Crippen LogP contribution in [0.4, 0.5) is 35.0 Å². The van der Waals surface area contributed by atoms with E-state index in [1.807, 2.05) is 18.7 Å². The Labute approximate surface area is 236 Å². The second-order valence-corrected chi connectivity index (χ2v) is 10.8. The Bertz CT molecular complexity index is 1410. The molecule has 212 valence electrons. The van der Waals surface area contributed by atoms with Gasteiger partial charge < -0.3 is 20.6 Å². The molecule has 2 amide bonds. The lowest BCUT2D eigenvalue weighted by molar-refractivity contribution is 0.0697. The van der Waals surface area contributed by atoms with Gasteiger partial charge in [0.15, 0.2) is 0 Å². The Morgan fingerprint density at radius 3 is 2.30 bits per heavy atom. The highest BCUT2D eigenvalue weighted by atomic mass is 35.5. The van der Waals surface area contributed by atoms with Crippen molar-refractivity contribution < 1.29 is 27.9 Å². The van der Waals surface area contributed by atoms with Crippen LogP contribution in [0.2, 0.25) is 5.02 Å². The van der Waals surface area contributed by atoms with Crippen LogP contribution >= 0.6 is 11.6 Å². The number of rotatable bonds is 8. The van der Waals surface area contributed by atoms with Crippen molar-refractivity contribution in [3.05, 3.63) is 76.6 Å². The Hall–Kier alpha value is -3.72. The van der Waals surface area contributed by atoms with E-state index in [4.69, 9.17) is 11.6 Å². The van der Waals surface area contributed by atoms with Gasteiger partial charge >= 0.3 is 12.0 Å². The summed E-state index contributed by atoms with van der Waals surface area (Å²) in [6, 6.07) is 8.66. The molecule has 3 aromatic carbocycles. The second kappa shape index (κ2) is 12.6. The highest BCUT2D eigenvalue weighted by Gasteiger charge is 2.28. The van der Waals surface area contributed by atoms with E-state index in [9.17, 15) is 23.5 Å². The first-order valence-electron chi connectivity index (χ1n) is 13.2. The van der Waals surface area contributed by atoms with Crippen molar-refractivity contribution in [1.82, 2.24) is 0 Å². The smallest absolute Gasteiger partial charge is 0.336 e. The molecule has 6 nitrogen and oxygen atoms in total. The van der Waals surface area contributed by atoms with Crippen molar-refractivity contribution in [3.63, 3.8) is 0 Å². The van der Waals surface area contributed by atoms with E-state index < -0.39 is 29.5 Å². The van der Waals surface area contributed by atoms with Crippen LogP contribution in [0.3, 0.4) is 0 Å². The fourth-order valence-corrected chi connectivity index (χ4v) is 5.32. The number of carboxylic acids is 1. The van der Waals surface area contributed by atoms with Gasteiger partial charge in [0.1, 0.15) is 17.5 Å². The summed E-state index contributed by atoms with van der Waals surface area (Å²) in [5, 5.41) is 14.9. The quantitative estimate of drug-likeness (QED) is 0.252. The van der Waals surface area contributed by atoms with E-state index in [0.29, 0.717) is 6.54 Å². The van der Waals surface area contributed by atoms with Crippen LogP contribution in [0.1, 0.15) is 56.3 Å². The van der Waals surface area contributed by atoms with Gasteiger partial charge in [-0.3, -0.25) is 0 Å². The molecule has 0 spiro atoms. The lowest BCUT2D eigenvalue weighted by Crippen LogP contribution is -2.40. The topological polar surface area (TPSA) is 81.7 Å². The van der Waals surface area contributed by atoms with Gasteiger partial charge in [-0.05, 0) is 78.4 Å². The van der Waals surface area contributed by atoms with Gasteiger partial charge in [0, 0.05) is 17.6 Å². The summed E-state index contributed by atoms with van der Waals surface area (Å²) in [5.74, 6) is -3.30. The summed E-state index contributed by atoms with van der Waals surface area (Å²) in [4.78, 5) is 26.9. The highest BCUT2D eigenvalue weighted by molar-refractivity contribution is 6.30. The van der Waals surface area contributed by atoms with Gasteiger partial charge in [-0.1, -0.05) is 44.7 Å². The molecular formula is C30H31ClF3N3O3. The predicted octanol–water partition coefficient (Wildman–Crippen LogP) is 8.56. The number of benzene rings is 3. The van der Waals surface area contributed by atoms with Crippen LogP contribution < -0.4 is 15.5 Å². The van der Waals surface area contributed by atoms with Crippen molar-refractivity contribution in [2.24, 2.45) is 5.92 Å². The molecule has 0 saturated heterocycles.